The molecule has 0 atom stereocenters. The highest BCUT2D eigenvalue weighted by Crippen LogP contribution is 2.25. The summed E-state index contributed by atoms with van der Waals surface area (Å²) in [7, 11) is 3.98. The first-order chi connectivity index (χ1) is 11.6. The number of hydrogen-bond acceptors (Lipinski definition) is 7. The Morgan fingerprint density at radius 3 is 2.71 bits per heavy atom. The lowest BCUT2D eigenvalue weighted by atomic mass is 10.1. The molecule has 0 radical (unpaired) electrons. The molecule has 0 saturated carbocycles. The minimum atomic E-state index is 0.773. The average molecular weight is 347 g/mol. The molecule has 0 aromatic carbocycles. The van der Waals surface area contributed by atoms with Crippen LogP contribution < -0.4 is 15.5 Å². The van der Waals surface area contributed by atoms with E-state index < -0.39 is 0 Å². The molecule has 0 spiro atoms. The number of aromatic nitrogens is 3. The number of aryl methyl sites for hydroxylation is 2. The van der Waals surface area contributed by atoms with E-state index in [9.17, 15) is 0 Å². The molecular weight excluding hydrogens is 320 g/mol. The average Bonchev–Trinajstić information content (AvgIpc) is 2.77. The van der Waals surface area contributed by atoms with Gasteiger partial charge in [0.25, 0.3) is 0 Å². The number of fused-ring (bicyclic) bond motifs is 1. The summed E-state index contributed by atoms with van der Waals surface area (Å²) in [5, 5.41) is 8.14. The molecule has 2 N–H and O–H groups in total. The predicted octanol–water partition coefficient (Wildman–Crippen LogP) is 2.17. The summed E-state index contributed by atoms with van der Waals surface area (Å²) in [5.41, 5.74) is 3.61. The van der Waals surface area contributed by atoms with Crippen LogP contribution in [0.1, 0.15) is 33.8 Å². The maximum Gasteiger partial charge on any atom is 0.227 e. The molecule has 3 rings (SSSR count). The number of anilines is 2. The molecule has 3 heterocycles. The van der Waals surface area contributed by atoms with Gasteiger partial charge in [-0.2, -0.15) is 4.98 Å². The SMILES string of the molecule is CCc1nc(C)sc1CNc1nc(N(C)C)nc2c1CCNCC2. The van der Waals surface area contributed by atoms with Crippen LogP contribution >= 0.6 is 11.3 Å². The van der Waals surface area contributed by atoms with E-state index in [4.69, 9.17) is 9.97 Å². The summed E-state index contributed by atoms with van der Waals surface area (Å²) in [4.78, 5) is 17.4. The fourth-order valence-corrected chi connectivity index (χ4v) is 3.93. The second kappa shape index (κ2) is 7.44. The number of nitrogens with one attached hydrogen (secondary N) is 2. The standard InChI is InChI=1S/C17H26N6S/c1-5-13-15(24-11(2)20-13)10-19-16-12-6-8-18-9-7-14(12)21-17(22-16)23(3)4/h18H,5-10H2,1-4H3,(H,19,21,22). The third-order valence-corrected chi connectivity index (χ3v) is 5.22. The summed E-state index contributed by atoms with van der Waals surface area (Å²) < 4.78 is 0. The number of nitrogens with zero attached hydrogens (tertiary/aromatic N) is 4. The second-order valence-electron chi connectivity index (χ2n) is 6.25. The van der Waals surface area contributed by atoms with Crippen LogP contribution in [0.15, 0.2) is 0 Å². The van der Waals surface area contributed by atoms with Gasteiger partial charge in [0, 0.05) is 37.5 Å². The van der Waals surface area contributed by atoms with Gasteiger partial charge in [0.1, 0.15) is 5.82 Å². The molecule has 0 fully saturated rings. The lowest BCUT2D eigenvalue weighted by Crippen LogP contribution is -2.17. The molecule has 7 heteroatoms. The number of rotatable bonds is 5. The Bertz CT molecular complexity index is 709. The van der Waals surface area contributed by atoms with Gasteiger partial charge in [-0.05, 0) is 26.3 Å². The Morgan fingerprint density at radius 1 is 1.17 bits per heavy atom. The monoisotopic (exact) mass is 346 g/mol. The molecule has 1 aliphatic heterocycles. The molecule has 0 amide bonds. The van der Waals surface area contributed by atoms with Crippen LogP contribution in [0.25, 0.3) is 0 Å². The number of thiazole rings is 1. The van der Waals surface area contributed by atoms with Crippen molar-refractivity contribution in [3.8, 4) is 0 Å². The van der Waals surface area contributed by atoms with Gasteiger partial charge in [-0.15, -0.1) is 11.3 Å². The Hall–Kier alpha value is -1.73. The van der Waals surface area contributed by atoms with E-state index in [1.54, 1.807) is 11.3 Å². The molecule has 0 aliphatic carbocycles. The summed E-state index contributed by atoms with van der Waals surface area (Å²) in [5.74, 6) is 1.75. The molecule has 0 unspecified atom stereocenters. The molecule has 1 aliphatic rings. The number of hydrogen-bond donors (Lipinski definition) is 2. The quantitative estimate of drug-likeness (QED) is 0.865. The molecule has 0 saturated heterocycles. The van der Waals surface area contributed by atoms with Crippen molar-refractivity contribution in [2.24, 2.45) is 0 Å². The van der Waals surface area contributed by atoms with Gasteiger partial charge in [-0.3, -0.25) is 0 Å². The summed E-state index contributed by atoms with van der Waals surface area (Å²) >= 11 is 1.77. The zero-order valence-electron chi connectivity index (χ0n) is 14.9. The van der Waals surface area contributed by atoms with E-state index in [1.165, 1.54) is 16.1 Å². The first kappa shape index (κ1) is 17.1. The van der Waals surface area contributed by atoms with Crippen LogP contribution in [0.3, 0.4) is 0 Å². The van der Waals surface area contributed by atoms with E-state index in [2.05, 4.69) is 29.5 Å². The van der Waals surface area contributed by atoms with Crippen LogP contribution in [0.5, 0.6) is 0 Å². The Morgan fingerprint density at radius 2 is 1.96 bits per heavy atom. The third kappa shape index (κ3) is 3.67. The van der Waals surface area contributed by atoms with Crippen molar-refractivity contribution in [2.75, 3.05) is 37.4 Å². The predicted molar refractivity (Wildman–Crippen MR) is 100 cm³/mol. The molecule has 6 nitrogen and oxygen atoms in total. The highest BCUT2D eigenvalue weighted by Gasteiger charge is 2.18. The molecule has 0 bridgehead atoms. The topological polar surface area (TPSA) is 66.0 Å². The molecule has 24 heavy (non-hydrogen) atoms. The molecule has 2 aromatic rings. The van der Waals surface area contributed by atoms with Crippen molar-refractivity contribution in [1.29, 1.82) is 0 Å². The smallest absolute Gasteiger partial charge is 0.227 e. The Labute approximate surface area is 147 Å². The molecule has 2 aromatic heterocycles. The largest absolute Gasteiger partial charge is 0.365 e. The van der Waals surface area contributed by atoms with Gasteiger partial charge in [0.15, 0.2) is 0 Å². The fourth-order valence-electron chi connectivity index (χ4n) is 2.97. The minimum Gasteiger partial charge on any atom is -0.365 e. The summed E-state index contributed by atoms with van der Waals surface area (Å²) in [6.45, 7) is 6.96. The van der Waals surface area contributed by atoms with E-state index >= 15 is 0 Å². The van der Waals surface area contributed by atoms with E-state index in [-0.39, 0.29) is 0 Å². The maximum absolute atomic E-state index is 4.76. The van der Waals surface area contributed by atoms with Gasteiger partial charge in [0.2, 0.25) is 5.95 Å². The summed E-state index contributed by atoms with van der Waals surface area (Å²) in [6.07, 6.45) is 2.89. The fraction of sp³-hybridized carbons (Fsp3) is 0.588. The molecular formula is C17H26N6S. The van der Waals surface area contributed by atoms with Crippen molar-refractivity contribution in [3.63, 3.8) is 0 Å². The first-order valence-electron chi connectivity index (χ1n) is 8.55. The zero-order chi connectivity index (χ0) is 17.1. The van der Waals surface area contributed by atoms with Crippen molar-refractivity contribution in [3.05, 3.63) is 26.8 Å². The van der Waals surface area contributed by atoms with Crippen LogP contribution in [-0.4, -0.2) is 42.1 Å². The van der Waals surface area contributed by atoms with Gasteiger partial charge in [-0.1, -0.05) is 6.92 Å². The first-order valence-corrected chi connectivity index (χ1v) is 9.37. The van der Waals surface area contributed by atoms with Crippen LogP contribution in [0, 0.1) is 6.92 Å². The maximum atomic E-state index is 4.76. The van der Waals surface area contributed by atoms with Crippen molar-refractivity contribution in [1.82, 2.24) is 20.3 Å². The van der Waals surface area contributed by atoms with E-state index in [1.807, 2.05) is 19.0 Å². The van der Waals surface area contributed by atoms with Crippen LogP contribution in [-0.2, 0) is 25.8 Å². The third-order valence-electron chi connectivity index (χ3n) is 4.21. The normalized spacial score (nSPS) is 14.2. The van der Waals surface area contributed by atoms with Gasteiger partial charge >= 0.3 is 0 Å². The minimum absolute atomic E-state index is 0.773. The Kier molecular flexibility index (Phi) is 5.30. The Balaban J connectivity index is 1.89. The van der Waals surface area contributed by atoms with Crippen LogP contribution in [0.2, 0.25) is 0 Å². The van der Waals surface area contributed by atoms with Crippen molar-refractivity contribution >= 4 is 23.1 Å². The second-order valence-corrected chi connectivity index (χ2v) is 7.54. The van der Waals surface area contributed by atoms with Gasteiger partial charge in [-0.25, -0.2) is 9.97 Å². The van der Waals surface area contributed by atoms with Crippen LogP contribution in [0.4, 0.5) is 11.8 Å². The van der Waals surface area contributed by atoms with Crippen molar-refractivity contribution < 1.29 is 0 Å². The van der Waals surface area contributed by atoms with Crippen molar-refractivity contribution in [2.45, 2.75) is 39.7 Å². The van der Waals surface area contributed by atoms with Gasteiger partial charge < -0.3 is 15.5 Å². The van der Waals surface area contributed by atoms with Gasteiger partial charge in [0.05, 0.1) is 22.9 Å². The lowest BCUT2D eigenvalue weighted by molar-refractivity contribution is 0.708. The lowest BCUT2D eigenvalue weighted by Gasteiger charge is -2.17. The van der Waals surface area contributed by atoms with E-state index in [0.717, 1.165) is 61.4 Å². The highest BCUT2D eigenvalue weighted by atomic mass is 32.1. The van der Waals surface area contributed by atoms with E-state index in [0.29, 0.717) is 0 Å². The highest BCUT2D eigenvalue weighted by molar-refractivity contribution is 7.11. The zero-order valence-corrected chi connectivity index (χ0v) is 15.8. The molecule has 130 valence electrons. The summed E-state index contributed by atoms with van der Waals surface area (Å²) in [6, 6.07) is 0.